The summed E-state index contributed by atoms with van der Waals surface area (Å²) in [6.45, 7) is 4.19. The van der Waals surface area contributed by atoms with Crippen LogP contribution in [0.1, 0.15) is 38.3 Å². The molecular formula is C16H21N3O. The van der Waals surface area contributed by atoms with E-state index >= 15 is 0 Å². The SMILES string of the molecule is CCC(C)n1nccc1NC(=O)CCc1ccccc1. The van der Waals surface area contributed by atoms with Gasteiger partial charge in [-0.05, 0) is 25.3 Å². The van der Waals surface area contributed by atoms with E-state index in [1.165, 1.54) is 5.56 Å². The fraction of sp³-hybridized carbons (Fsp3) is 0.375. The number of nitrogens with one attached hydrogen (secondary N) is 1. The van der Waals surface area contributed by atoms with Crippen LogP contribution in [-0.4, -0.2) is 15.7 Å². The summed E-state index contributed by atoms with van der Waals surface area (Å²) < 4.78 is 1.86. The topological polar surface area (TPSA) is 46.9 Å². The van der Waals surface area contributed by atoms with Crippen molar-refractivity contribution in [1.29, 1.82) is 0 Å². The second-order valence-electron chi connectivity index (χ2n) is 4.95. The van der Waals surface area contributed by atoms with Gasteiger partial charge in [-0.15, -0.1) is 0 Å². The number of nitrogens with zero attached hydrogens (tertiary/aromatic N) is 2. The molecular weight excluding hydrogens is 250 g/mol. The second kappa shape index (κ2) is 6.89. The summed E-state index contributed by atoms with van der Waals surface area (Å²) in [6.07, 6.45) is 3.94. The van der Waals surface area contributed by atoms with Gasteiger partial charge in [0.25, 0.3) is 0 Å². The predicted molar refractivity (Wildman–Crippen MR) is 80.6 cm³/mol. The maximum atomic E-state index is 12.0. The maximum Gasteiger partial charge on any atom is 0.225 e. The highest BCUT2D eigenvalue weighted by Gasteiger charge is 2.11. The third-order valence-electron chi connectivity index (χ3n) is 3.43. The zero-order valence-corrected chi connectivity index (χ0v) is 12.0. The molecule has 0 radical (unpaired) electrons. The van der Waals surface area contributed by atoms with Crippen LogP contribution >= 0.6 is 0 Å². The van der Waals surface area contributed by atoms with Gasteiger partial charge in [0.2, 0.25) is 5.91 Å². The lowest BCUT2D eigenvalue weighted by Crippen LogP contribution is -2.17. The van der Waals surface area contributed by atoms with Crippen LogP contribution in [0.3, 0.4) is 0 Å². The molecule has 4 nitrogen and oxygen atoms in total. The molecule has 4 heteroatoms. The molecule has 0 aliphatic heterocycles. The minimum atomic E-state index is 0.0268. The number of aromatic nitrogens is 2. The molecule has 1 unspecified atom stereocenters. The van der Waals surface area contributed by atoms with E-state index in [1.807, 2.05) is 41.1 Å². The fourth-order valence-electron chi connectivity index (χ4n) is 2.05. The number of carbonyl (C=O) groups excluding carboxylic acids is 1. The van der Waals surface area contributed by atoms with Gasteiger partial charge in [0.15, 0.2) is 0 Å². The monoisotopic (exact) mass is 271 g/mol. The van der Waals surface area contributed by atoms with Gasteiger partial charge in [-0.3, -0.25) is 4.79 Å². The van der Waals surface area contributed by atoms with Crippen molar-refractivity contribution < 1.29 is 4.79 Å². The van der Waals surface area contributed by atoms with E-state index in [1.54, 1.807) is 6.20 Å². The quantitative estimate of drug-likeness (QED) is 0.875. The first kappa shape index (κ1) is 14.3. The van der Waals surface area contributed by atoms with Gasteiger partial charge in [-0.25, -0.2) is 4.68 Å². The molecule has 1 heterocycles. The van der Waals surface area contributed by atoms with Crippen LogP contribution in [0.4, 0.5) is 5.82 Å². The molecule has 0 saturated heterocycles. The van der Waals surface area contributed by atoms with Crippen molar-refractivity contribution >= 4 is 11.7 Å². The molecule has 1 atom stereocenters. The van der Waals surface area contributed by atoms with Gasteiger partial charge in [-0.1, -0.05) is 37.3 Å². The van der Waals surface area contributed by atoms with Crippen molar-refractivity contribution in [2.75, 3.05) is 5.32 Å². The average Bonchev–Trinajstić information content (AvgIpc) is 2.93. The first-order chi connectivity index (χ1) is 9.70. The van der Waals surface area contributed by atoms with E-state index in [-0.39, 0.29) is 11.9 Å². The third kappa shape index (κ3) is 3.70. The molecule has 1 aromatic heterocycles. The molecule has 1 amide bonds. The minimum Gasteiger partial charge on any atom is -0.311 e. The third-order valence-corrected chi connectivity index (χ3v) is 3.43. The predicted octanol–water partition coefficient (Wildman–Crippen LogP) is 3.43. The van der Waals surface area contributed by atoms with E-state index < -0.39 is 0 Å². The molecule has 2 rings (SSSR count). The number of benzene rings is 1. The Bertz CT molecular complexity index is 548. The summed E-state index contributed by atoms with van der Waals surface area (Å²) >= 11 is 0. The molecule has 0 saturated carbocycles. The van der Waals surface area contributed by atoms with Crippen LogP contribution in [0.2, 0.25) is 0 Å². The van der Waals surface area contributed by atoms with Crippen molar-refractivity contribution in [2.24, 2.45) is 0 Å². The van der Waals surface area contributed by atoms with E-state index in [2.05, 4.69) is 24.3 Å². The summed E-state index contributed by atoms with van der Waals surface area (Å²) in [5.74, 6) is 0.802. The minimum absolute atomic E-state index is 0.0268. The Kier molecular flexibility index (Phi) is 4.93. The number of hydrogen-bond donors (Lipinski definition) is 1. The standard InChI is InChI=1S/C16H21N3O/c1-3-13(2)19-15(11-12-17-19)18-16(20)10-9-14-7-5-4-6-8-14/h4-8,11-13H,3,9-10H2,1-2H3,(H,18,20). The number of amides is 1. The molecule has 0 bridgehead atoms. The first-order valence-corrected chi connectivity index (χ1v) is 7.08. The van der Waals surface area contributed by atoms with Crippen LogP contribution in [0.5, 0.6) is 0 Å². The Hall–Kier alpha value is -2.10. The Labute approximate surface area is 119 Å². The van der Waals surface area contributed by atoms with E-state index in [0.29, 0.717) is 6.42 Å². The molecule has 1 N–H and O–H groups in total. The van der Waals surface area contributed by atoms with E-state index in [9.17, 15) is 4.79 Å². The smallest absolute Gasteiger partial charge is 0.225 e. The van der Waals surface area contributed by atoms with E-state index in [4.69, 9.17) is 0 Å². The molecule has 20 heavy (non-hydrogen) atoms. The van der Waals surface area contributed by atoms with Crippen LogP contribution in [-0.2, 0) is 11.2 Å². The fourth-order valence-corrected chi connectivity index (χ4v) is 2.05. The van der Waals surface area contributed by atoms with Crippen LogP contribution in [0.15, 0.2) is 42.6 Å². The zero-order chi connectivity index (χ0) is 14.4. The number of aryl methyl sites for hydroxylation is 1. The highest BCUT2D eigenvalue weighted by atomic mass is 16.1. The van der Waals surface area contributed by atoms with Gasteiger partial charge in [0.05, 0.1) is 12.2 Å². The highest BCUT2D eigenvalue weighted by Crippen LogP contribution is 2.16. The average molecular weight is 271 g/mol. The molecule has 0 aliphatic rings. The Morgan fingerprint density at radius 3 is 2.75 bits per heavy atom. The van der Waals surface area contributed by atoms with Crippen molar-refractivity contribution in [2.45, 2.75) is 39.2 Å². The van der Waals surface area contributed by atoms with E-state index in [0.717, 1.165) is 18.7 Å². The summed E-state index contributed by atoms with van der Waals surface area (Å²) in [5, 5.41) is 7.20. The molecule has 106 valence electrons. The van der Waals surface area contributed by atoms with Crippen LogP contribution < -0.4 is 5.32 Å². The molecule has 0 fully saturated rings. The lowest BCUT2D eigenvalue weighted by atomic mass is 10.1. The normalized spacial score (nSPS) is 12.1. The van der Waals surface area contributed by atoms with Crippen LogP contribution in [0.25, 0.3) is 0 Å². The van der Waals surface area contributed by atoms with Gasteiger partial charge in [-0.2, -0.15) is 5.10 Å². The summed E-state index contributed by atoms with van der Waals surface area (Å²) in [7, 11) is 0. The van der Waals surface area contributed by atoms with Gasteiger partial charge >= 0.3 is 0 Å². The van der Waals surface area contributed by atoms with Crippen molar-refractivity contribution in [1.82, 2.24) is 9.78 Å². The Morgan fingerprint density at radius 2 is 2.05 bits per heavy atom. The summed E-state index contributed by atoms with van der Waals surface area (Å²) in [4.78, 5) is 12.0. The molecule has 2 aromatic rings. The van der Waals surface area contributed by atoms with Crippen molar-refractivity contribution in [3.05, 3.63) is 48.2 Å². The maximum absolute atomic E-state index is 12.0. The van der Waals surface area contributed by atoms with Gasteiger partial charge in [0, 0.05) is 12.5 Å². The van der Waals surface area contributed by atoms with Gasteiger partial charge in [0.1, 0.15) is 5.82 Å². The molecule has 0 spiro atoms. The zero-order valence-electron chi connectivity index (χ0n) is 12.0. The highest BCUT2D eigenvalue weighted by molar-refractivity contribution is 5.89. The number of anilines is 1. The largest absolute Gasteiger partial charge is 0.311 e. The summed E-state index contributed by atoms with van der Waals surface area (Å²) in [5.41, 5.74) is 1.18. The first-order valence-electron chi connectivity index (χ1n) is 7.08. The molecule has 0 aliphatic carbocycles. The molecule has 1 aromatic carbocycles. The Balaban J connectivity index is 1.90. The summed E-state index contributed by atoms with van der Waals surface area (Å²) in [6, 6.07) is 12.2. The lowest BCUT2D eigenvalue weighted by Gasteiger charge is -2.14. The number of rotatable bonds is 6. The van der Waals surface area contributed by atoms with Gasteiger partial charge < -0.3 is 5.32 Å². The number of carbonyl (C=O) groups is 1. The van der Waals surface area contributed by atoms with Crippen molar-refractivity contribution in [3.63, 3.8) is 0 Å². The second-order valence-corrected chi connectivity index (χ2v) is 4.95. The number of hydrogen-bond acceptors (Lipinski definition) is 2. The lowest BCUT2D eigenvalue weighted by molar-refractivity contribution is -0.116. The Morgan fingerprint density at radius 1 is 1.30 bits per heavy atom. The van der Waals surface area contributed by atoms with Crippen LogP contribution in [0, 0.1) is 0 Å². The van der Waals surface area contributed by atoms with Crippen molar-refractivity contribution in [3.8, 4) is 0 Å².